The molecule has 3 fully saturated rings. The number of ether oxygens (including phenoxy) is 1. The van der Waals surface area contributed by atoms with Crippen LogP contribution in [0.15, 0.2) is 24.3 Å². The first-order chi connectivity index (χ1) is 13.2. The average molecular weight is 428 g/mol. The van der Waals surface area contributed by atoms with Crippen LogP contribution in [0.4, 0.5) is 4.79 Å². The van der Waals surface area contributed by atoms with Crippen LogP contribution in [-0.2, 0) is 21.3 Å². The molecule has 3 heterocycles. The topological polar surface area (TPSA) is 79.0 Å². The van der Waals surface area contributed by atoms with E-state index in [-0.39, 0.29) is 25.2 Å². The number of carbonyl (C=O) groups is 1. The minimum absolute atomic E-state index is 0.143. The number of hydrogen-bond donors (Lipinski definition) is 1. The van der Waals surface area contributed by atoms with Crippen LogP contribution in [0.1, 0.15) is 25.8 Å². The molecule has 9 heteroatoms. The Bertz CT molecular complexity index is 860. The first-order valence-electron chi connectivity index (χ1n) is 9.64. The molecule has 154 valence electrons. The summed E-state index contributed by atoms with van der Waals surface area (Å²) in [6, 6.07) is 7.04. The number of urea groups is 1. The molecule has 0 aromatic heterocycles. The predicted molar refractivity (Wildman–Crippen MR) is 107 cm³/mol. The molecule has 4 rings (SSSR count). The maximum Gasteiger partial charge on any atom is 0.317 e. The van der Waals surface area contributed by atoms with Crippen molar-refractivity contribution in [2.75, 3.05) is 26.2 Å². The first kappa shape index (κ1) is 19.9. The van der Waals surface area contributed by atoms with Crippen LogP contribution in [0, 0.1) is 5.92 Å². The number of nitrogens with one attached hydrogen (secondary N) is 1. The zero-order valence-electron chi connectivity index (χ0n) is 16.1. The summed E-state index contributed by atoms with van der Waals surface area (Å²) >= 11 is 5.93. The number of rotatable bonds is 4. The monoisotopic (exact) mass is 427 g/mol. The molecular formula is C19H26ClN3O4S. The van der Waals surface area contributed by atoms with Gasteiger partial charge in [-0.3, -0.25) is 0 Å². The van der Waals surface area contributed by atoms with Crippen molar-refractivity contribution in [1.82, 2.24) is 14.5 Å². The second-order valence-electron chi connectivity index (χ2n) is 8.43. The number of amides is 2. The van der Waals surface area contributed by atoms with Crippen molar-refractivity contribution in [3.8, 4) is 0 Å². The van der Waals surface area contributed by atoms with E-state index >= 15 is 0 Å². The van der Waals surface area contributed by atoms with Gasteiger partial charge in [-0.15, -0.1) is 0 Å². The molecule has 1 aromatic carbocycles. The number of fused-ring (bicyclic) bond motifs is 1. The Hall–Kier alpha value is -1.35. The van der Waals surface area contributed by atoms with E-state index in [1.54, 1.807) is 17.0 Å². The van der Waals surface area contributed by atoms with Gasteiger partial charge in [-0.1, -0.05) is 37.6 Å². The normalized spacial score (nSPS) is 31.2. The van der Waals surface area contributed by atoms with E-state index in [2.05, 4.69) is 5.32 Å². The average Bonchev–Trinajstić information content (AvgIpc) is 3.00. The number of hydrogen-bond acceptors (Lipinski definition) is 4. The van der Waals surface area contributed by atoms with E-state index in [4.69, 9.17) is 16.3 Å². The van der Waals surface area contributed by atoms with Gasteiger partial charge in [0.05, 0.1) is 12.6 Å². The highest BCUT2D eigenvalue weighted by atomic mass is 35.5. The van der Waals surface area contributed by atoms with Crippen molar-refractivity contribution < 1.29 is 17.9 Å². The van der Waals surface area contributed by atoms with Gasteiger partial charge in [-0.05, 0) is 30.0 Å². The first-order valence-corrected chi connectivity index (χ1v) is 11.5. The number of morpholine rings is 1. The molecule has 2 amide bonds. The largest absolute Gasteiger partial charge is 0.365 e. The van der Waals surface area contributed by atoms with Crippen LogP contribution in [0.5, 0.6) is 0 Å². The predicted octanol–water partition coefficient (Wildman–Crippen LogP) is 2.06. The molecule has 2 bridgehead atoms. The molecule has 1 aromatic rings. The summed E-state index contributed by atoms with van der Waals surface area (Å²) in [6.07, 6.45) is 0.212. The fourth-order valence-corrected chi connectivity index (χ4v) is 6.86. The second-order valence-corrected chi connectivity index (χ2v) is 11.0. The van der Waals surface area contributed by atoms with Crippen LogP contribution < -0.4 is 5.32 Å². The lowest BCUT2D eigenvalue weighted by molar-refractivity contribution is -0.0958. The molecule has 3 atom stereocenters. The molecule has 0 unspecified atom stereocenters. The third-order valence-corrected chi connectivity index (χ3v) is 8.30. The second kappa shape index (κ2) is 7.16. The quantitative estimate of drug-likeness (QED) is 0.797. The van der Waals surface area contributed by atoms with Crippen molar-refractivity contribution in [3.05, 3.63) is 34.9 Å². The van der Waals surface area contributed by atoms with Gasteiger partial charge in [-0.2, -0.15) is 4.31 Å². The Morgan fingerprint density at radius 1 is 1.32 bits per heavy atom. The lowest BCUT2D eigenvalue weighted by Gasteiger charge is -2.39. The lowest BCUT2D eigenvalue weighted by atomic mass is 9.99. The molecule has 28 heavy (non-hydrogen) atoms. The van der Waals surface area contributed by atoms with Gasteiger partial charge in [0.15, 0.2) is 0 Å². The minimum atomic E-state index is -3.49. The van der Waals surface area contributed by atoms with Gasteiger partial charge >= 0.3 is 6.03 Å². The summed E-state index contributed by atoms with van der Waals surface area (Å²) < 4.78 is 34.0. The summed E-state index contributed by atoms with van der Waals surface area (Å²) in [6.45, 7) is 5.96. The number of likely N-dealkylation sites (tertiary alicyclic amines) is 1. The molecular weight excluding hydrogens is 402 g/mol. The van der Waals surface area contributed by atoms with Crippen LogP contribution >= 0.6 is 11.6 Å². The van der Waals surface area contributed by atoms with Crippen molar-refractivity contribution in [2.24, 2.45) is 5.92 Å². The van der Waals surface area contributed by atoms with Gasteiger partial charge in [0, 0.05) is 31.2 Å². The van der Waals surface area contributed by atoms with Crippen LogP contribution in [0.3, 0.4) is 0 Å². The molecule has 1 N–H and O–H groups in total. The van der Waals surface area contributed by atoms with Crippen LogP contribution in [-0.4, -0.2) is 66.8 Å². The van der Waals surface area contributed by atoms with E-state index in [9.17, 15) is 13.2 Å². The SMILES string of the molecule is CC(C)CNC(=O)N1C[C@@H]2C[C@@H]3[C@@](C1)(CN(Cc1ccc(Cl)cc1)S3(=O)=O)O2. The Labute approximate surface area is 171 Å². The third-order valence-electron chi connectivity index (χ3n) is 5.73. The van der Waals surface area contributed by atoms with E-state index in [1.165, 1.54) is 4.31 Å². The number of nitrogens with zero attached hydrogens (tertiary/aromatic N) is 2. The molecule has 3 saturated heterocycles. The van der Waals surface area contributed by atoms with Gasteiger partial charge in [-0.25, -0.2) is 13.2 Å². The van der Waals surface area contributed by atoms with Gasteiger partial charge in [0.25, 0.3) is 0 Å². The Balaban J connectivity index is 1.52. The molecule has 1 spiro atoms. The summed E-state index contributed by atoms with van der Waals surface area (Å²) in [5, 5.41) is 2.95. The molecule has 3 aliphatic heterocycles. The molecule has 0 radical (unpaired) electrons. The number of halogens is 1. The van der Waals surface area contributed by atoms with Gasteiger partial charge in [0.2, 0.25) is 10.0 Å². The number of sulfonamides is 1. The minimum Gasteiger partial charge on any atom is -0.365 e. The Morgan fingerprint density at radius 2 is 2.04 bits per heavy atom. The highest BCUT2D eigenvalue weighted by molar-refractivity contribution is 7.90. The zero-order chi connectivity index (χ0) is 20.1. The fraction of sp³-hybridized carbons (Fsp3) is 0.632. The Kier molecular flexibility index (Phi) is 5.10. The van der Waals surface area contributed by atoms with Crippen LogP contribution in [0.2, 0.25) is 5.02 Å². The molecule has 0 saturated carbocycles. The van der Waals surface area contributed by atoms with E-state index < -0.39 is 20.9 Å². The van der Waals surface area contributed by atoms with Crippen molar-refractivity contribution in [1.29, 1.82) is 0 Å². The fourth-order valence-electron chi connectivity index (χ4n) is 4.44. The van der Waals surface area contributed by atoms with Crippen molar-refractivity contribution in [2.45, 2.75) is 43.8 Å². The van der Waals surface area contributed by atoms with Gasteiger partial charge in [0.1, 0.15) is 10.9 Å². The molecule has 0 aliphatic carbocycles. The standard InChI is InChI=1S/C19H26ClN3O4S/c1-13(2)8-21-18(24)22-10-16-7-17-19(11-22,27-16)12-23(28(17,25)26)9-14-3-5-15(20)6-4-14/h3-6,13,16-17H,7-12H2,1-2H3,(H,21,24)/t16-,17+,19+/m0/s1. The van der Waals surface area contributed by atoms with Crippen molar-refractivity contribution in [3.63, 3.8) is 0 Å². The highest BCUT2D eigenvalue weighted by Gasteiger charge is 2.65. The smallest absolute Gasteiger partial charge is 0.317 e. The summed E-state index contributed by atoms with van der Waals surface area (Å²) in [7, 11) is -3.49. The zero-order valence-corrected chi connectivity index (χ0v) is 17.7. The molecule has 3 aliphatic rings. The van der Waals surface area contributed by atoms with E-state index in [0.717, 1.165) is 5.56 Å². The van der Waals surface area contributed by atoms with E-state index in [0.29, 0.717) is 37.0 Å². The van der Waals surface area contributed by atoms with Gasteiger partial charge < -0.3 is 15.0 Å². The maximum absolute atomic E-state index is 13.2. The van der Waals surface area contributed by atoms with E-state index in [1.807, 2.05) is 26.0 Å². The highest BCUT2D eigenvalue weighted by Crippen LogP contribution is 2.46. The lowest BCUT2D eigenvalue weighted by Crippen LogP contribution is -2.58. The summed E-state index contributed by atoms with van der Waals surface area (Å²) in [5.41, 5.74) is 0.0341. The summed E-state index contributed by atoms with van der Waals surface area (Å²) in [5.74, 6) is 0.356. The third kappa shape index (κ3) is 3.51. The molecule has 7 nitrogen and oxygen atoms in total. The van der Waals surface area contributed by atoms with Crippen LogP contribution in [0.25, 0.3) is 0 Å². The summed E-state index contributed by atoms with van der Waals surface area (Å²) in [4.78, 5) is 14.3. The maximum atomic E-state index is 13.2. The van der Waals surface area contributed by atoms with Crippen molar-refractivity contribution >= 4 is 27.7 Å². The Morgan fingerprint density at radius 3 is 2.71 bits per heavy atom. The number of benzene rings is 1. The number of carbonyl (C=O) groups excluding carboxylic acids is 1.